The minimum Gasteiger partial charge on any atom is -0.376 e. The molecule has 0 aromatic heterocycles. The zero-order valence-corrected chi connectivity index (χ0v) is 7.94. The molecule has 0 spiro atoms. The summed E-state index contributed by atoms with van der Waals surface area (Å²) in [4.78, 5) is 23.7. The molecule has 2 heterocycles. The van der Waals surface area contributed by atoms with Crippen LogP contribution in [-0.4, -0.2) is 36.0 Å². The van der Waals surface area contributed by atoms with Gasteiger partial charge in [-0.1, -0.05) is 0 Å². The molecule has 0 aromatic carbocycles. The van der Waals surface area contributed by atoms with Gasteiger partial charge in [0.2, 0.25) is 0 Å². The first kappa shape index (κ1) is 9.40. The number of hydrogen-bond acceptors (Lipinski definition) is 3. The topological polar surface area (TPSA) is 46.6 Å². The first-order valence-corrected chi connectivity index (χ1v) is 4.92. The van der Waals surface area contributed by atoms with Gasteiger partial charge < -0.3 is 4.74 Å². The second-order valence-electron chi connectivity index (χ2n) is 3.61. The van der Waals surface area contributed by atoms with Gasteiger partial charge in [0.25, 0.3) is 11.8 Å². The fourth-order valence-electron chi connectivity index (χ4n) is 1.77. The standard InChI is InChI=1S/C10H13NO3/c12-9-4-5-10(13)11(9)7-8-3-1-2-6-14-8/h4-5,8H,1-3,6-7H2. The average Bonchev–Trinajstić information content (AvgIpc) is 2.51. The second-order valence-corrected chi connectivity index (χ2v) is 3.61. The summed E-state index contributed by atoms with van der Waals surface area (Å²) < 4.78 is 5.46. The maximum atomic E-state index is 11.2. The molecule has 0 aliphatic carbocycles. The Kier molecular flexibility index (Phi) is 2.63. The lowest BCUT2D eigenvalue weighted by Crippen LogP contribution is -2.39. The van der Waals surface area contributed by atoms with E-state index < -0.39 is 0 Å². The van der Waals surface area contributed by atoms with Crippen LogP contribution in [0.5, 0.6) is 0 Å². The van der Waals surface area contributed by atoms with Crippen molar-refractivity contribution in [3.05, 3.63) is 12.2 Å². The van der Waals surface area contributed by atoms with Crippen LogP contribution in [-0.2, 0) is 14.3 Å². The monoisotopic (exact) mass is 195 g/mol. The molecule has 1 atom stereocenters. The van der Waals surface area contributed by atoms with Crippen molar-refractivity contribution < 1.29 is 14.3 Å². The molecule has 0 aromatic rings. The van der Waals surface area contributed by atoms with Crippen molar-refractivity contribution in [3.63, 3.8) is 0 Å². The van der Waals surface area contributed by atoms with E-state index in [0.717, 1.165) is 25.9 Å². The van der Waals surface area contributed by atoms with Crippen LogP contribution < -0.4 is 0 Å². The van der Waals surface area contributed by atoms with E-state index in [0.29, 0.717) is 6.54 Å². The second kappa shape index (κ2) is 3.92. The molecule has 2 aliphatic heterocycles. The molecule has 2 rings (SSSR count). The third-order valence-electron chi connectivity index (χ3n) is 2.56. The van der Waals surface area contributed by atoms with E-state index in [1.165, 1.54) is 17.1 Å². The Bertz CT molecular complexity index is 261. The van der Waals surface area contributed by atoms with Crippen molar-refractivity contribution in [2.75, 3.05) is 13.2 Å². The highest BCUT2D eigenvalue weighted by Crippen LogP contribution is 2.15. The van der Waals surface area contributed by atoms with Gasteiger partial charge in [-0.25, -0.2) is 0 Å². The van der Waals surface area contributed by atoms with E-state index in [2.05, 4.69) is 0 Å². The largest absolute Gasteiger partial charge is 0.376 e. The summed E-state index contributed by atoms with van der Waals surface area (Å²) in [5.74, 6) is -0.437. The Morgan fingerprint density at radius 2 is 2.00 bits per heavy atom. The Balaban J connectivity index is 1.90. The number of nitrogens with zero attached hydrogens (tertiary/aromatic N) is 1. The quantitative estimate of drug-likeness (QED) is 0.602. The molecule has 2 aliphatic rings. The van der Waals surface area contributed by atoms with Gasteiger partial charge in [0.1, 0.15) is 0 Å². The molecule has 1 unspecified atom stereocenters. The predicted octanol–water partition coefficient (Wildman–Crippen LogP) is 0.480. The lowest BCUT2D eigenvalue weighted by atomic mass is 10.1. The summed E-state index contributed by atoms with van der Waals surface area (Å²) in [6, 6.07) is 0. The zero-order chi connectivity index (χ0) is 9.97. The summed E-state index contributed by atoms with van der Waals surface area (Å²) in [6.45, 7) is 1.15. The van der Waals surface area contributed by atoms with E-state index in [1.54, 1.807) is 0 Å². The zero-order valence-electron chi connectivity index (χ0n) is 7.94. The highest BCUT2D eigenvalue weighted by Gasteiger charge is 2.27. The molecule has 1 saturated heterocycles. The van der Waals surface area contributed by atoms with E-state index >= 15 is 0 Å². The smallest absolute Gasteiger partial charge is 0.253 e. The number of amides is 2. The Hall–Kier alpha value is -1.16. The van der Waals surface area contributed by atoms with Crippen molar-refractivity contribution in [3.8, 4) is 0 Å². The third kappa shape index (κ3) is 1.85. The van der Waals surface area contributed by atoms with Crippen LogP contribution in [0.1, 0.15) is 19.3 Å². The molecule has 14 heavy (non-hydrogen) atoms. The van der Waals surface area contributed by atoms with Crippen molar-refractivity contribution >= 4 is 11.8 Å². The molecular formula is C10H13NO3. The number of carbonyl (C=O) groups excluding carboxylic acids is 2. The number of ether oxygens (including phenoxy) is 1. The van der Waals surface area contributed by atoms with Crippen LogP contribution in [0, 0.1) is 0 Å². The highest BCUT2D eigenvalue weighted by molar-refractivity contribution is 6.12. The number of carbonyl (C=O) groups is 2. The van der Waals surface area contributed by atoms with E-state index in [1.807, 2.05) is 0 Å². The molecule has 76 valence electrons. The number of hydrogen-bond donors (Lipinski definition) is 0. The molecule has 0 radical (unpaired) electrons. The fourth-order valence-corrected chi connectivity index (χ4v) is 1.77. The SMILES string of the molecule is O=C1C=CC(=O)N1CC1CCCCO1. The van der Waals surface area contributed by atoms with Crippen molar-refractivity contribution in [2.24, 2.45) is 0 Å². The summed E-state index contributed by atoms with van der Waals surface area (Å²) >= 11 is 0. The molecule has 4 nitrogen and oxygen atoms in total. The van der Waals surface area contributed by atoms with Gasteiger partial charge in [-0.2, -0.15) is 0 Å². The van der Waals surface area contributed by atoms with Gasteiger partial charge in [0, 0.05) is 18.8 Å². The summed E-state index contributed by atoms with van der Waals surface area (Å²) in [5, 5.41) is 0. The molecule has 2 amide bonds. The van der Waals surface area contributed by atoms with Crippen molar-refractivity contribution in [1.29, 1.82) is 0 Å². The highest BCUT2D eigenvalue weighted by atomic mass is 16.5. The predicted molar refractivity (Wildman–Crippen MR) is 49.5 cm³/mol. The van der Waals surface area contributed by atoms with Crippen molar-refractivity contribution in [1.82, 2.24) is 4.90 Å². The maximum absolute atomic E-state index is 11.2. The molecule has 4 heteroatoms. The summed E-state index contributed by atoms with van der Waals surface area (Å²) in [6.07, 6.45) is 5.80. The number of imide groups is 1. The van der Waals surface area contributed by atoms with Gasteiger partial charge in [-0.15, -0.1) is 0 Å². The lowest BCUT2D eigenvalue weighted by Gasteiger charge is -2.26. The van der Waals surface area contributed by atoms with E-state index in [9.17, 15) is 9.59 Å². The van der Waals surface area contributed by atoms with Gasteiger partial charge in [-0.3, -0.25) is 14.5 Å². The van der Waals surface area contributed by atoms with Crippen LogP contribution in [0.25, 0.3) is 0 Å². The summed E-state index contributed by atoms with van der Waals surface area (Å²) in [5.41, 5.74) is 0. The molecular weight excluding hydrogens is 182 g/mol. The van der Waals surface area contributed by atoms with Crippen LogP contribution in [0.15, 0.2) is 12.2 Å². The first-order valence-electron chi connectivity index (χ1n) is 4.92. The Morgan fingerprint density at radius 3 is 2.57 bits per heavy atom. The van der Waals surface area contributed by atoms with Crippen LogP contribution in [0.2, 0.25) is 0 Å². The first-order chi connectivity index (χ1) is 6.77. The van der Waals surface area contributed by atoms with Crippen LogP contribution in [0.3, 0.4) is 0 Å². The van der Waals surface area contributed by atoms with Crippen LogP contribution in [0.4, 0.5) is 0 Å². The van der Waals surface area contributed by atoms with Gasteiger partial charge in [-0.05, 0) is 19.3 Å². The normalized spacial score (nSPS) is 27.4. The molecule has 1 fully saturated rings. The Labute approximate surface area is 82.5 Å². The molecule has 0 bridgehead atoms. The van der Waals surface area contributed by atoms with E-state index in [4.69, 9.17) is 4.74 Å². The number of rotatable bonds is 2. The third-order valence-corrected chi connectivity index (χ3v) is 2.56. The lowest BCUT2D eigenvalue weighted by molar-refractivity contribution is -0.139. The molecule has 0 N–H and O–H groups in total. The Morgan fingerprint density at radius 1 is 1.29 bits per heavy atom. The molecule has 0 saturated carbocycles. The fraction of sp³-hybridized carbons (Fsp3) is 0.600. The van der Waals surface area contributed by atoms with Gasteiger partial charge in [0.05, 0.1) is 12.6 Å². The van der Waals surface area contributed by atoms with Gasteiger partial charge >= 0.3 is 0 Å². The maximum Gasteiger partial charge on any atom is 0.253 e. The minimum absolute atomic E-state index is 0.0385. The minimum atomic E-state index is -0.218. The van der Waals surface area contributed by atoms with E-state index in [-0.39, 0.29) is 17.9 Å². The average molecular weight is 195 g/mol. The summed E-state index contributed by atoms with van der Waals surface area (Å²) in [7, 11) is 0. The van der Waals surface area contributed by atoms with Gasteiger partial charge in [0.15, 0.2) is 0 Å². The van der Waals surface area contributed by atoms with Crippen LogP contribution >= 0.6 is 0 Å². The van der Waals surface area contributed by atoms with Crippen molar-refractivity contribution in [2.45, 2.75) is 25.4 Å².